The molecule has 0 unspecified atom stereocenters. The zero-order valence-electron chi connectivity index (χ0n) is 17.1. The van der Waals surface area contributed by atoms with Crippen LogP contribution in [0.25, 0.3) is 28.1 Å². The van der Waals surface area contributed by atoms with Crippen molar-refractivity contribution in [2.45, 2.75) is 26.4 Å². The monoisotopic (exact) mass is 398 g/mol. The Morgan fingerprint density at radius 1 is 0.967 bits per heavy atom. The van der Waals surface area contributed by atoms with Crippen LogP contribution in [0.15, 0.2) is 61.1 Å². The lowest BCUT2D eigenvalue weighted by Gasteiger charge is -2.09. The summed E-state index contributed by atoms with van der Waals surface area (Å²) in [6, 6.07) is 16.4. The third-order valence-electron chi connectivity index (χ3n) is 5.23. The molecular formula is C23H22N6O. The lowest BCUT2D eigenvalue weighted by atomic mass is 10.0. The van der Waals surface area contributed by atoms with Crippen LogP contribution in [0.1, 0.15) is 30.9 Å². The first-order valence-electron chi connectivity index (χ1n) is 9.93. The van der Waals surface area contributed by atoms with Crippen molar-refractivity contribution in [3.8, 4) is 17.1 Å². The number of hydrogen-bond acceptors (Lipinski definition) is 5. The van der Waals surface area contributed by atoms with E-state index in [-0.39, 0.29) is 0 Å². The molecule has 30 heavy (non-hydrogen) atoms. The number of ether oxygens (including phenoxy) is 1. The molecule has 0 bridgehead atoms. The second-order valence-electron chi connectivity index (χ2n) is 7.66. The van der Waals surface area contributed by atoms with Crippen molar-refractivity contribution in [2.75, 3.05) is 0 Å². The molecule has 7 heteroatoms. The van der Waals surface area contributed by atoms with Crippen molar-refractivity contribution >= 4 is 16.7 Å². The van der Waals surface area contributed by atoms with Gasteiger partial charge in [-0.2, -0.15) is 5.10 Å². The molecule has 0 aliphatic carbocycles. The summed E-state index contributed by atoms with van der Waals surface area (Å²) in [5.41, 5.74) is 4.88. The maximum Gasteiger partial charge on any atom is 0.182 e. The highest BCUT2D eigenvalue weighted by molar-refractivity contribution is 5.88. The molecule has 5 rings (SSSR count). The van der Waals surface area contributed by atoms with E-state index in [0.717, 1.165) is 33.6 Å². The van der Waals surface area contributed by atoms with Crippen LogP contribution in [0.3, 0.4) is 0 Å². The Kier molecular flexibility index (Phi) is 4.43. The largest absolute Gasteiger partial charge is 0.489 e. The zero-order valence-corrected chi connectivity index (χ0v) is 17.1. The second-order valence-corrected chi connectivity index (χ2v) is 7.66. The number of nitrogens with zero attached hydrogens (tertiary/aromatic N) is 6. The van der Waals surface area contributed by atoms with Crippen LogP contribution >= 0.6 is 0 Å². The van der Waals surface area contributed by atoms with Gasteiger partial charge < -0.3 is 4.74 Å². The first-order valence-corrected chi connectivity index (χ1v) is 9.93. The Bertz CT molecular complexity index is 1320. The van der Waals surface area contributed by atoms with E-state index in [2.05, 4.69) is 41.2 Å². The van der Waals surface area contributed by atoms with Gasteiger partial charge in [0, 0.05) is 12.6 Å². The van der Waals surface area contributed by atoms with Crippen LogP contribution in [-0.4, -0.2) is 29.4 Å². The van der Waals surface area contributed by atoms with Gasteiger partial charge in [0.05, 0.1) is 11.6 Å². The maximum absolute atomic E-state index is 5.92. The standard InChI is InChI=1S/C23H22N6O/c1-15(2)17-8-10-19(11-9-17)30-13-16-4-6-18(7-5-16)21-26-23-20-12-25-28(3)22(20)24-14-29(23)27-21/h4-12,14-15H,13H2,1-3H3. The third kappa shape index (κ3) is 3.28. The average molecular weight is 398 g/mol. The molecule has 0 N–H and O–H groups in total. The topological polar surface area (TPSA) is 70.1 Å². The van der Waals surface area contributed by atoms with Gasteiger partial charge in [-0.25, -0.2) is 14.5 Å². The van der Waals surface area contributed by atoms with Crippen LogP contribution < -0.4 is 4.74 Å². The van der Waals surface area contributed by atoms with E-state index in [0.29, 0.717) is 18.3 Å². The zero-order chi connectivity index (χ0) is 20.7. The highest BCUT2D eigenvalue weighted by atomic mass is 16.5. The summed E-state index contributed by atoms with van der Waals surface area (Å²) < 4.78 is 9.34. The van der Waals surface area contributed by atoms with Crippen molar-refractivity contribution in [3.05, 3.63) is 72.2 Å². The molecule has 0 aliphatic heterocycles. The van der Waals surface area contributed by atoms with Gasteiger partial charge in [0.1, 0.15) is 18.7 Å². The van der Waals surface area contributed by atoms with Crippen molar-refractivity contribution < 1.29 is 4.74 Å². The smallest absolute Gasteiger partial charge is 0.182 e. The summed E-state index contributed by atoms with van der Waals surface area (Å²) in [5.74, 6) is 2.05. The highest BCUT2D eigenvalue weighted by Crippen LogP contribution is 2.22. The number of aromatic nitrogens is 6. The maximum atomic E-state index is 5.92. The molecular weight excluding hydrogens is 376 g/mol. The third-order valence-corrected chi connectivity index (χ3v) is 5.23. The summed E-state index contributed by atoms with van der Waals surface area (Å²) in [6.07, 6.45) is 3.44. The minimum atomic E-state index is 0.514. The van der Waals surface area contributed by atoms with Crippen LogP contribution in [0.4, 0.5) is 0 Å². The van der Waals surface area contributed by atoms with Gasteiger partial charge in [-0.1, -0.05) is 50.2 Å². The van der Waals surface area contributed by atoms with Gasteiger partial charge >= 0.3 is 0 Å². The summed E-state index contributed by atoms with van der Waals surface area (Å²) >= 11 is 0. The van der Waals surface area contributed by atoms with Crippen LogP contribution in [0.2, 0.25) is 0 Å². The lowest BCUT2D eigenvalue weighted by Crippen LogP contribution is -1.96. The summed E-state index contributed by atoms with van der Waals surface area (Å²) in [7, 11) is 1.86. The average Bonchev–Trinajstić information content (AvgIpc) is 3.36. The molecule has 150 valence electrons. The quantitative estimate of drug-likeness (QED) is 0.439. The number of benzene rings is 2. The molecule has 7 nitrogen and oxygen atoms in total. The normalized spacial score (nSPS) is 11.6. The molecule has 0 fully saturated rings. The van der Waals surface area contributed by atoms with E-state index in [1.54, 1.807) is 21.7 Å². The van der Waals surface area contributed by atoms with Gasteiger partial charge in [-0.15, -0.1) is 5.10 Å². The summed E-state index contributed by atoms with van der Waals surface area (Å²) in [4.78, 5) is 9.10. The molecule has 0 aliphatic rings. The Balaban J connectivity index is 1.34. The van der Waals surface area contributed by atoms with Crippen molar-refractivity contribution in [1.29, 1.82) is 0 Å². The highest BCUT2D eigenvalue weighted by Gasteiger charge is 2.12. The van der Waals surface area contributed by atoms with Gasteiger partial charge in [-0.05, 0) is 29.2 Å². The molecule has 5 aromatic rings. The van der Waals surface area contributed by atoms with E-state index >= 15 is 0 Å². The van der Waals surface area contributed by atoms with Gasteiger partial charge in [0.2, 0.25) is 0 Å². The van der Waals surface area contributed by atoms with Crippen molar-refractivity contribution in [3.63, 3.8) is 0 Å². The predicted octanol–water partition coefficient (Wildman–Crippen LogP) is 4.38. The predicted molar refractivity (Wildman–Crippen MR) is 115 cm³/mol. The van der Waals surface area contributed by atoms with E-state index in [9.17, 15) is 0 Å². The van der Waals surface area contributed by atoms with Crippen molar-refractivity contribution in [1.82, 2.24) is 29.4 Å². The fraction of sp³-hybridized carbons (Fsp3) is 0.217. The number of rotatable bonds is 5. The lowest BCUT2D eigenvalue weighted by molar-refractivity contribution is 0.306. The van der Waals surface area contributed by atoms with Gasteiger partial charge in [0.15, 0.2) is 17.1 Å². The Labute approximate surface area is 174 Å². The Morgan fingerprint density at radius 3 is 2.47 bits per heavy atom. The SMILES string of the molecule is CC(C)c1ccc(OCc2ccc(-c3nc4c5cnn(C)c5ncn4n3)cc2)cc1. The van der Waals surface area contributed by atoms with Crippen molar-refractivity contribution in [2.24, 2.45) is 7.05 Å². The molecule has 2 aromatic carbocycles. The fourth-order valence-corrected chi connectivity index (χ4v) is 3.43. The van der Waals surface area contributed by atoms with E-state index in [1.165, 1.54) is 5.56 Å². The van der Waals surface area contributed by atoms with Crippen LogP contribution in [-0.2, 0) is 13.7 Å². The molecule has 0 spiro atoms. The number of hydrogen-bond donors (Lipinski definition) is 0. The van der Waals surface area contributed by atoms with Gasteiger partial charge in [-0.3, -0.25) is 4.68 Å². The fourth-order valence-electron chi connectivity index (χ4n) is 3.43. The van der Waals surface area contributed by atoms with Crippen LogP contribution in [0, 0.1) is 0 Å². The van der Waals surface area contributed by atoms with E-state index in [4.69, 9.17) is 9.72 Å². The first kappa shape index (κ1) is 18.3. The van der Waals surface area contributed by atoms with Crippen LogP contribution in [0.5, 0.6) is 5.75 Å². The first-order chi connectivity index (χ1) is 14.6. The molecule has 0 saturated carbocycles. The summed E-state index contributed by atoms with van der Waals surface area (Å²) in [6.45, 7) is 4.89. The molecule has 3 heterocycles. The second kappa shape index (κ2) is 7.26. The molecule has 3 aromatic heterocycles. The Hall–Kier alpha value is -3.74. The van der Waals surface area contributed by atoms with E-state index in [1.807, 2.05) is 43.4 Å². The number of aryl methyl sites for hydroxylation is 1. The molecule has 0 saturated heterocycles. The minimum absolute atomic E-state index is 0.514. The van der Waals surface area contributed by atoms with E-state index < -0.39 is 0 Å². The molecule has 0 atom stereocenters. The molecule has 0 radical (unpaired) electrons. The summed E-state index contributed by atoms with van der Waals surface area (Å²) in [5, 5.41) is 9.70. The Morgan fingerprint density at radius 2 is 1.73 bits per heavy atom. The number of fused-ring (bicyclic) bond motifs is 3. The molecule has 0 amide bonds. The van der Waals surface area contributed by atoms with Gasteiger partial charge in [0.25, 0.3) is 0 Å². The minimum Gasteiger partial charge on any atom is -0.489 e.